The number of hydrogen-bond acceptors (Lipinski definition) is 5. The van der Waals surface area contributed by atoms with Crippen molar-refractivity contribution in [2.75, 3.05) is 13.2 Å². The van der Waals surface area contributed by atoms with E-state index >= 15 is 0 Å². The Bertz CT molecular complexity index is 685. The fourth-order valence-corrected chi connectivity index (χ4v) is 3.14. The maximum atomic E-state index is 13.0. The Labute approximate surface area is 153 Å². The van der Waals surface area contributed by atoms with E-state index < -0.39 is 55.6 Å². The molecule has 1 aromatic rings. The van der Waals surface area contributed by atoms with E-state index in [1.54, 1.807) is 5.32 Å². The molecule has 148 valence electrons. The van der Waals surface area contributed by atoms with Crippen LogP contribution >= 0.6 is 0 Å². The summed E-state index contributed by atoms with van der Waals surface area (Å²) in [6, 6.07) is 8.26. The van der Waals surface area contributed by atoms with Crippen LogP contribution in [0.5, 0.6) is 0 Å². The van der Waals surface area contributed by atoms with E-state index in [2.05, 4.69) is 0 Å². The Kier molecular flexibility index (Phi) is 5.68. The summed E-state index contributed by atoms with van der Waals surface area (Å²) in [6.07, 6.45) is -7.10. The van der Waals surface area contributed by atoms with Gasteiger partial charge in [0.05, 0.1) is 19.3 Å². The van der Waals surface area contributed by atoms with E-state index in [1.165, 1.54) is 0 Å². The van der Waals surface area contributed by atoms with Crippen LogP contribution in [-0.2, 0) is 20.9 Å². The molecule has 2 heterocycles. The summed E-state index contributed by atoms with van der Waals surface area (Å²) < 4.78 is 50.3. The lowest BCUT2D eigenvalue weighted by molar-refractivity contribution is -0.192. The molecule has 3 amide bonds. The third-order valence-corrected chi connectivity index (χ3v) is 4.60. The zero-order chi connectivity index (χ0) is 19.6. The maximum Gasteiger partial charge on any atom is 0.402 e. The summed E-state index contributed by atoms with van der Waals surface area (Å²) in [5.41, 5.74) is 0.885. The van der Waals surface area contributed by atoms with Gasteiger partial charge in [0.15, 0.2) is 5.92 Å². The van der Waals surface area contributed by atoms with Crippen LogP contribution in [0.4, 0.5) is 18.0 Å². The van der Waals surface area contributed by atoms with Crippen molar-refractivity contribution in [2.24, 2.45) is 5.92 Å². The van der Waals surface area contributed by atoms with Crippen LogP contribution in [0.2, 0.25) is 0 Å². The molecule has 27 heavy (non-hydrogen) atoms. The zero-order valence-electron chi connectivity index (χ0n) is 14.2. The van der Waals surface area contributed by atoms with Gasteiger partial charge in [0.25, 0.3) is 0 Å². The number of ether oxygens (including phenoxy) is 2. The second-order valence-corrected chi connectivity index (χ2v) is 6.42. The summed E-state index contributed by atoms with van der Waals surface area (Å²) >= 11 is 0. The van der Waals surface area contributed by atoms with E-state index in [0.29, 0.717) is 0 Å². The Hall–Kier alpha value is -2.17. The van der Waals surface area contributed by atoms with E-state index in [-0.39, 0.29) is 13.0 Å². The number of carbonyl (C=O) groups is 2. The molecule has 3 rings (SSSR count). The van der Waals surface area contributed by atoms with Crippen molar-refractivity contribution in [3.63, 3.8) is 0 Å². The molecule has 7 nitrogen and oxygen atoms in total. The Morgan fingerprint density at radius 1 is 1.26 bits per heavy atom. The summed E-state index contributed by atoms with van der Waals surface area (Å²) in [5, 5.41) is 11.2. The molecule has 2 aliphatic heterocycles. The van der Waals surface area contributed by atoms with Crippen LogP contribution in [0.25, 0.3) is 0 Å². The molecular weight excluding hydrogens is 369 g/mol. The van der Waals surface area contributed by atoms with E-state index in [4.69, 9.17) is 9.47 Å². The predicted molar refractivity (Wildman–Crippen MR) is 85.2 cm³/mol. The van der Waals surface area contributed by atoms with Gasteiger partial charge < -0.3 is 14.6 Å². The quantitative estimate of drug-likeness (QED) is 0.797. The lowest BCUT2D eigenvalue weighted by Gasteiger charge is -2.36. The van der Waals surface area contributed by atoms with Crippen molar-refractivity contribution in [3.8, 4) is 0 Å². The van der Waals surface area contributed by atoms with Crippen LogP contribution in [0.3, 0.4) is 0 Å². The number of benzene rings is 1. The number of imide groups is 1. The second kappa shape index (κ2) is 7.83. The molecule has 1 aromatic carbocycles. The number of nitrogens with zero attached hydrogens (tertiary/aromatic N) is 1. The molecule has 2 N–H and O–H groups in total. The minimum absolute atomic E-state index is 0.0875. The highest BCUT2D eigenvalue weighted by atomic mass is 19.4. The van der Waals surface area contributed by atoms with Gasteiger partial charge in [-0.1, -0.05) is 30.3 Å². The van der Waals surface area contributed by atoms with Crippen molar-refractivity contribution in [2.45, 2.75) is 37.6 Å². The molecule has 0 saturated carbocycles. The lowest BCUT2D eigenvalue weighted by Crippen LogP contribution is -2.60. The van der Waals surface area contributed by atoms with Gasteiger partial charge in [-0.05, 0) is 5.56 Å². The number of halogens is 3. The number of aliphatic hydroxyl groups is 1. The fraction of sp³-hybridized carbons (Fsp3) is 0.529. The molecule has 4 atom stereocenters. The standard InChI is InChI=1S/C17H19F3N2O5/c18-17(19,20)11-7-22(16(25)21-15(11)24)14-6-12(13(8-23)27-14)26-9-10-4-2-1-3-5-10/h1-5,11-14,23H,6-9H2,(H,21,24,25)/t11?,12-,13+,14?/m0/s1. The van der Waals surface area contributed by atoms with Gasteiger partial charge in [-0.15, -0.1) is 0 Å². The lowest BCUT2D eigenvalue weighted by atomic mass is 10.0. The van der Waals surface area contributed by atoms with E-state index in [9.17, 15) is 27.9 Å². The maximum absolute atomic E-state index is 13.0. The average Bonchev–Trinajstić information content (AvgIpc) is 3.02. The third kappa shape index (κ3) is 4.40. The SMILES string of the molecule is O=C1NC(=O)N(C2C[C@H](OCc3ccccc3)[C@@H](CO)O2)CC1C(F)(F)F. The molecule has 2 fully saturated rings. The monoisotopic (exact) mass is 388 g/mol. The smallest absolute Gasteiger partial charge is 0.394 e. The van der Waals surface area contributed by atoms with Crippen LogP contribution in [-0.4, -0.2) is 59.7 Å². The first kappa shape index (κ1) is 19.6. The van der Waals surface area contributed by atoms with Crippen molar-refractivity contribution in [1.29, 1.82) is 0 Å². The highest BCUT2D eigenvalue weighted by Crippen LogP contribution is 2.33. The highest BCUT2D eigenvalue weighted by Gasteiger charge is 2.52. The normalized spacial score (nSPS) is 29.1. The first-order chi connectivity index (χ1) is 12.8. The third-order valence-electron chi connectivity index (χ3n) is 4.60. The van der Waals surface area contributed by atoms with Crippen LogP contribution < -0.4 is 5.32 Å². The zero-order valence-corrected chi connectivity index (χ0v) is 14.2. The summed E-state index contributed by atoms with van der Waals surface area (Å²) in [5.74, 6) is -3.70. The predicted octanol–water partition coefficient (Wildman–Crippen LogP) is 1.41. The number of nitrogens with one attached hydrogen (secondary N) is 1. The van der Waals surface area contributed by atoms with Crippen molar-refractivity contribution in [3.05, 3.63) is 35.9 Å². The minimum atomic E-state index is -4.78. The van der Waals surface area contributed by atoms with Crippen LogP contribution in [0.1, 0.15) is 12.0 Å². The first-order valence-electron chi connectivity index (χ1n) is 8.39. The topological polar surface area (TPSA) is 88.1 Å². The summed E-state index contributed by atoms with van der Waals surface area (Å²) in [7, 11) is 0. The number of amides is 3. The van der Waals surface area contributed by atoms with Gasteiger partial charge in [-0.3, -0.25) is 15.0 Å². The minimum Gasteiger partial charge on any atom is -0.394 e. The number of urea groups is 1. The summed E-state index contributed by atoms with van der Waals surface area (Å²) in [4.78, 5) is 24.3. The van der Waals surface area contributed by atoms with Crippen LogP contribution in [0, 0.1) is 5.92 Å². The van der Waals surface area contributed by atoms with Crippen molar-refractivity contribution >= 4 is 11.9 Å². The molecule has 0 radical (unpaired) electrons. The molecule has 0 aromatic heterocycles. The van der Waals surface area contributed by atoms with E-state index in [0.717, 1.165) is 10.5 Å². The van der Waals surface area contributed by atoms with Gasteiger partial charge in [0.2, 0.25) is 5.91 Å². The van der Waals surface area contributed by atoms with Gasteiger partial charge >= 0.3 is 12.2 Å². The Morgan fingerprint density at radius 2 is 1.96 bits per heavy atom. The molecule has 2 saturated heterocycles. The van der Waals surface area contributed by atoms with Crippen molar-refractivity contribution < 1.29 is 37.3 Å². The fourth-order valence-electron chi connectivity index (χ4n) is 3.14. The average molecular weight is 388 g/mol. The molecule has 2 unspecified atom stereocenters. The first-order valence-corrected chi connectivity index (χ1v) is 8.39. The molecule has 0 bridgehead atoms. The molecule has 0 aliphatic carbocycles. The van der Waals surface area contributed by atoms with Crippen molar-refractivity contribution in [1.82, 2.24) is 10.2 Å². The van der Waals surface area contributed by atoms with Gasteiger partial charge in [0.1, 0.15) is 12.3 Å². The molecule has 2 aliphatic rings. The van der Waals surface area contributed by atoms with Gasteiger partial charge in [-0.2, -0.15) is 13.2 Å². The van der Waals surface area contributed by atoms with E-state index in [1.807, 2.05) is 30.3 Å². The molecule has 10 heteroatoms. The summed E-state index contributed by atoms with van der Waals surface area (Å²) in [6.45, 7) is -1.01. The van der Waals surface area contributed by atoms with Crippen LogP contribution in [0.15, 0.2) is 30.3 Å². The Morgan fingerprint density at radius 3 is 2.59 bits per heavy atom. The highest BCUT2D eigenvalue weighted by molar-refractivity contribution is 5.98. The molecule has 0 spiro atoms. The number of alkyl halides is 3. The Balaban J connectivity index is 1.66. The number of rotatable bonds is 5. The number of hydrogen-bond donors (Lipinski definition) is 2. The number of aliphatic hydroxyl groups excluding tert-OH is 1. The largest absolute Gasteiger partial charge is 0.402 e. The molecular formula is C17H19F3N2O5. The van der Waals surface area contributed by atoms with Gasteiger partial charge in [-0.25, -0.2) is 4.79 Å². The number of carbonyl (C=O) groups excluding carboxylic acids is 2. The van der Waals surface area contributed by atoms with Gasteiger partial charge in [0, 0.05) is 13.0 Å². The second-order valence-electron chi connectivity index (χ2n) is 6.42.